The third kappa shape index (κ3) is 5.20. The molecule has 0 aromatic heterocycles. The average Bonchev–Trinajstić information content (AvgIpc) is 2.74. The van der Waals surface area contributed by atoms with Crippen molar-refractivity contribution in [1.29, 1.82) is 0 Å². The molecule has 0 atom stereocenters. The zero-order valence-corrected chi connectivity index (χ0v) is 18.4. The lowest BCUT2D eigenvalue weighted by atomic mass is 10.1. The number of halogens is 1. The average molecular weight is 443 g/mol. The predicted octanol–water partition coefficient (Wildman–Crippen LogP) is 4.50. The number of anilines is 1. The van der Waals surface area contributed by atoms with Gasteiger partial charge in [-0.25, -0.2) is 8.42 Å². The second-order valence-electron chi connectivity index (χ2n) is 7.04. The number of amides is 1. The molecule has 0 aliphatic heterocycles. The van der Waals surface area contributed by atoms with Gasteiger partial charge < -0.3 is 4.90 Å². The summed E-state index contributed by atoms with van der Waals surface area (Å²) in [5, 5.41) is 0.390. The van der Waals surface area contributed by atoms with E-state index in [0.29, 0.717) is 17.3 Å². The fourth-order valence-electron chi connectivity index (χ4n) is 2.97. The van der Waals surface area contributed by atoms with Crippen molar-refractivity contribution in [2.24, 2.45) is 0 Å². The van der Waals surface area contributed by atoms with Crippen LogP contribution in [0.25, 0.3) is 0 Å². The van der Waals surface area contributed by atoms with Crippen LogP contribution in [0.5, 0.6) is 0 Å². The van der Waals surface area contributed by atoms with Crippen LogP contribution in [0.3, 0.4) is 0 Å². The highest BCUT2D eigenvalue weighted by atomic mass is 35.5. The number of carbonyl (C=O) groups excluding carboxylic acids is 1. The lowest BCUT2D eigenvalue weighted by Crippen LogP contribution is -2.41. The molecule has 0 radical (unpaired) electrons. The molecule has 0 aliphatic carbocycles. The van der Waals surface area contributed by atoms with Gasteiger partial charge in [-0.15, -0.1) is 0 Å². The molecule has 3 rings (SSSR count). The smallest absolute Gasteiger partial charge is 0.264 e. The summed E-state index contributed by atoms with van der Waals surface area (Å²) in [6, 6.07) is 22.4. The Morgan fingerprint density at radius 2 is 1.60 bits per heavy atom. The van der Waals surface area contributed by atoms with Crippen molar-refractivity contribution in [1.82, 2.24) is 4.90 Å². The molecule has 156 valence electrons. The monoisotopic (exact) mass is 442 g/mol. The summed E-state index contributed by atoms with van der Waals surface area (Å²) in [6.07, 6.45) is 0. The number of benzene rings is 3. The molecule has 3 aromatic carbocycles. The zero-order chi connectivity index (χ0) is 21.7. The Bertz CT molecular complexity index is 1120. The predicted molar refractivity (Wildman–Crippen MR) is 120 cm³/mol. The van der Waals surface area contributed by atoms with E-state index in [2.05, 4.69) is 0 Å². The molecule has 30 heavy (non-hydrogen) atoms. The second kappa shape index (κ2) is 9.32. The number of aryl methyl sites for hydroxylation is 1. The van der Waals surface area contributed by atoms with Gasteiger partial charge in [0.2, 0.25) is 5.91 Å². The van der Waals surface area contributed by atoms with E-state index in [1.165, 1.54) is 23.1 Å². The van der Waals surface area contributed by atoms with Crippen molar-refractivity contribution in [2.75, 3.05) is 17.9 Å². The van der Waals surface area contributed by atoms with Crippen LogP contribution < -0.4 is 4.31 Å². The Balaban J connectivity index is 1.89. The highest BCUT2D eigenvalue weighted by molar-refractivity contribution is 7.92. The molecule has 0 unspecified atom stereocenters. The van der Waals surface area contributed by atoms with Crippen molar-refractivity contribution in [3.63, 3.8) is 0 Å². The maximum atomic E-state index is 13.3. The Morgan fingerprint density at radius 3 is 2.23 bits per heavy atom. The fraction of sp³-hybridized carbons (Fsp3) is 0.174. The van der Waals surface area contributed by atoms with Crippen LogP contribution in [-0.4, -0.2) is 32.8 Å². The molecular weight excluding hydrogens is 420 g/mol. The summed E-state index contributed by atoms with van der Waals surface area (Å²) in [5.41, 5.74) is 2.44. The maximum Gasteiger partial charge on any atom is 0.264 e. The van der Waals surface area contributed by atoms with Crippen LogP contribution in [-0.2, 0) is 21.4 Å². The van der Waals surface area contributed by atoms with Gasteiger partial charge in [-0.3, -0.25) is 9.10 Å². The number of hydrogen-bond acceptors (Lipinski definition) is 3. The molecule has 3 aromatic rings. The Morgan fingerprint density at radius 1 is 0.933 bits per heavy atom. The maximum absolute atomic E-state index is 13.3. The van der Waals surface area contributed by atoms with Gasteiger partial charge in [0.1, 0.15) is 6.54 Å². The number of rotatable bonds is 7. The minimum absolute atomic E-state index is 0.110. The molecule has 0 bridgehead atoms. The van der Waals surface area contributed by atoms with Gasteiger partial charge in [0, 0.05) is 18.6 Å². The summed E-state index contributed by atoms with van der Waals surface area (Å²) >= 11 is 6.09. The molecule has 0 fully saturated rings. The number of carbonyl (C=O) groups is 1. The Labute approximate surface area is 182 Å². The zero-order valence-electron chi connectivity index (χ0n) is 16.8. The molecule has 0 saturated carbocycles. The number of hydrogen-bond donors (Lipinski definition) is 0. The lowest BCUT2D eigenvalue weighted by Gasteiger charge is -2.27. The van der Waals surface area contributed by atoms with Crippen molar-refractivity contribution < 1.29 is 13.2 Å². The standard InChI is InChI=1S/C23H23ClN2O3S/c1-18-11-13-19(14-12-18)16-25(2)23(27)17-26(21-8-6-7-20(24)15-21)30(28,29)22-9-4-3-5-10-22/h3-15H,16-17H2,1-2H3. The highest BCUT2D eigenvalue weighted by Crippen LogP contribution is 2.26. The van der Waals surface area contributed by atoms with Crippen LogP contribution in [0.15, 0.2) is 83.8 Å². The molecule has 0 saturated heterocycles. The van der Waals surface area contributed by atoms with Gasteiger partial charge in [0.25, 0.3) is 10.0 Å². The van der Waals surface area contributed by atoms with Crippen LogP contribution in [0.1, 0.15) is 11.1 Å². The van der Waals surface area contributed by atoms with Crippen LogP contribution >= 0.6 is 11.6 Å². The van der Waals surface area contributed by atoms with Gasteiger partial charge in [-0.1, -0.05) is 65.7 Å². The van der Waals surface area contributed by atoms with Gasteiger partial charge in [0.05, 0.1) is 10.6 Å². The minimum atomic E-state index is -3.95. The SMILES string of the molecule is Cc1ccc(CN(C)C(=O)CN(c2cccc(Cl)c2)S(=O)(=O)c2ccccc2)cc1. The molecule has 7 heteroatoms. The van der Waals surface area contributed by atoms with E-state index in [0.717, 1.165) is 15.4 Å². The van der Waals surface area contributed by atoms with Gasteiger partial charge in [-0.2, -0.15) is 0 Å². The topological polar surface area (TPSA) is 57.7 Å². The molecule has 0 spiro atoms. The van der Waals surface area contributed by atoms with Crippen LogP contribution in [0.2, 0.25) is 5.02 Å². The molecule has 5 nitrogen and oxygen atoms in total. The molecular formula is C23H23ClN2O3S. The van der Waals surface area contributed by atoms with Crippen molar-refractivity contribution in [3.05, 3.63) is 95.0 Å². The first-order chi connectivity index (χ1) is 14.3. The molecule has 0 aliphatic rings. The Kier molecular flexibility index (Phi) is 6.80. The van der Waals surface area contributed by atoms with E-state index in [9.17, 15) is 13.2 Å². The third-order valence-corrected chi connectivity index (χ3v) is 6.70. The number of sulfonamides is 1. The highest BCUT2D eigenvalue weighted by Gasteiger charge is 2.28. The summed E-state index contributed by atoms with van der Waals surface area (Å²) in [5.74, 6) is -0.324. The van der Waals surface area contributed by atoms with Crippen LogP contribution in [0.4, 0.5) is 5.69 Å². The van der Waals surface area contributed by atoms with Gasteiger partial charge in [-0.05, 0) is 42.8 Å². The summed E-state index contributed by atoms with van der Waals surface area (Å²) < 4.78 is 27.7. The fourth-order valence-corrected chi connectivity index (χ4v) is 4.58. The third-order valence-electron chi connectivity index (χ3n) is 4.67. The normalized spacial score (nSPS) is 11.2. The number of likely N-dealkylation sites (N-methyl/N-ethyl adjacent to an activating group) is 1. The van der Waals surface area contributed by atoms with E-state index in [-0.39, 0.29) is 17.3 Å². The molecule has 1 amide bonds. The van der Waals surface area contributed by atoms with E-state index >= 15 is 0 Å². The van der Waals surface area contributed by atoms with E-state index < -0.39 is 10.0 Å². The van der Waals surface area contributed by atoms with Crippen molar-refractivity contribution >= 4 is 33.2 Å². The van der Waals surface area contributed by atoms with Crippen molar-refractivity contribution in [2.45, 2.75) is 18.4 Å². The van der Waals surface area contributed by atoms with Gasteiger partial charge in [0.15, 0.2) is 0 Å². The van der Waals surface area contributed by atoms with Gasteiger partial charge >= 0.3 is 0 Å². The summed E-state index contributed by atoms with van der Waals surface area (Å²) in [6.45, 7) is 2.05. The van der Waals surface area contributed by atoms with E-state index in [4.69, 9.17) is 11.6 Å². The number of nitrogens with zero attached hydrogens (tertiary/aromatic N) is 2. The first-order valence-electron chi connectivity index (χ1n) is 9.40. The minimum Gasteiger partial charge on any atom is -0.340 e. The first-order valence-corrected chi connectivity index (χ1v) is 11.2. The van der Waals surface area contributed by atoms with E-state index in [1.807, 2.05) is 31.2 Å². The lowest BCUT2D eigenvalue weighted by molar-refractivity contribution is -0.128. The largest absolute Gasteiger partial charge is 0.340 e. The molecule has 0 N–H and O–H groups in total. The second-order valence-corrected chi connectivity index (χ2v) is 9.34. The summed E-state index contributed by atoms with van der Waals surface area (Å²) in [4.78, 5) is 14.6. The van der Waals surface area contributed by atoms with E-state index in [1.54, 1.807) is 43.4 Å². The van der Waals surface area contributed by atoms with Crippen molar-refractivity contribution in [3.8, 4) is 0 Å². The quantitative estimate of drug-likeness (QED) is 0.541. The Hall–Kier alpha value is -2.83. The molecule has 0 heterocycles. The first kappa shape index (κ1) is 21.9. The van der Waals surface area contributed by atoms with Crippen LogP contribution in [0, 0.1) is 6.92 Å². The summed E-state index contributed by atoms with van der Waals surface area (Å²) in [7, 11) is -2.29.